The molecule has 6 rings (SSSR count). The van der Waals surface area contributed by atoms with E-state index in [1.54, 1.807) is 12.1 Å². The third kappa shape index (κ3) is 3.86. The fourth-order valence-electron chi connectivity index (χ4n) is 6.16. The highest BCUT2D eigenvalue weighted by molar-refractivity contribution is 5.32. The Balaban J connectivity index is 1.19. The minimum Gasteiger partial charge on any atom is -0.324 e. The van der Waals surface area contributed by atoms with Crippen molar-refractivity contribution < 1.29 is 17.7 Å². The first-order chi connectivity index (χ1) is 16.3. The van der Waals surface area contributed by atoms with Crippen LogP contribution >= 0.6 is 0 Å². The summed E-state index contributed by atoms with van der Waals surface area (Å²) in [5.41, 5.74) is 0.253. The smallest absolute Gasteiger partial charge is 0.324 e. The Morgan fingerprint density at radius 2 is 1.76 bits per heavy atom. The van der Waals surface area contributed by atoms with Gasteiger partial charge in [-0.05, 0) is 68.1 Å². The Morgan fingerprint density at radius 1 is 1.03 bits per heavy atom. The number of aromatic nitrogens is 5. The fraction of sp³-hybridized carbons (Fsp3) is 0.583. The molecule has 0 N–H and O–H groups in total. The summed E-state index contributed by atoms with van der Waals surface area (Å²) in [6.45, 7) is 4.45. The number of piperidine rings is 1. The van der Waals surface area contributed by atoms with Crippen molar-refractivity contribution in [2.24, 2.45) is 17.8 Å². The van der Waals surface area contributed by atoms with Crippen LogP contribution in [0.4, 0.5) is 19.2 Å². The lowest BCUT2D eigenvalue weighted by Gasteiger charge is -2.36. The van der Waals surface area contributed by atoms with Crippen LogP contribution in [0.3, 0.4) is 0 Å². The first-order valence-corrected chi connectivity index (χ1v) is 12.0. The number of alkyl halides is 3. The van der Waals surface area contributed by atoms with Gasteiger partial charge in [-0.15, -0.1) is 0 Å². The topological polar surface area (TPSA) is 72.9 Å². The molecule has 7 nitrogen and oxygen atoms in total. The lowest BCUT2D eigenvalue weighted by molar-refractivity contribution is -0.137. The summed E-state index contributed by atoms with van der Waals surface area (Å²) in [6.07, 6.45) is 0.689. The maximum absolute atomic E-state index is 13.0. The van der Waals surface area contributed by atoms with Gasteiger partial charge in [0.2, 0.25) is 0 Å². The van der Waals surface area contributed by atoms with E-state index in [1.165, 1.54) is 25.0 Å². The van der Waals surface area contributed by atoms with Crippen molar-refractivity contribution in [3.8, 4) is 0 Å². The number of aryl methyl sites for hydroxylation is 2. The molecule has 2 fully saturated rings. The minimum absolute atomic E-state index is 0.0170. The van der Waals surface area contributed by atoms with Gasteiger partial charge in [0.25, 0.3) is 0 Å². The maximum Gasteiger partial charge on any atom is 0.416 e. The highest BCUT2D eigenvalue weighted by Gasteiger charge is 2.44. The van der Waals surface area contributed by atoms with Gasteiger partial charge in [0.1, 0.15) is 5.82 Å². The van der Waals surface area contributed by atoms with E-state index in [0.717, 1.165) is 56.1 Å². The molecule has 2 aliphatic heterocycles. The molecule has 0 radical (unpaired) electrons. The molecule has 34 heavy (non-hydrogen) atoms. The average molecular weight is 473 g/mol. The van der Waals surface area contributed by atoms with Crippen LogP contribution in [-0.2, 0) is 19.1 Å². The molecule has 180 valence electrons. The Labute approximate surface area is 195 Å². The van der Waals surface area contributed by atoms with Crippen molar-refractivity contribution in [2.75, 3.05) is 18.0 Å². The first-order valence-electron chi connectivity index (χ1n) is 12.0. The molecule has 1 aromatic carbocycles. The monoisotopic (exact) mass is 472 g/mol. The van der Waals surface area contributed by atoms with Crippen LogP contribution in [0.5, 0.6) is 0 Å². The van der Waals surface area contributed by atoms with E-state index in [-0.39, 0.29) is 5.92 Å². The van der Waals surface area contributed by atoms with Gasteiger partial charge in [0.15, 0.2) is 11.6 Å². The number of hydrogen-bond acceptors (Lipinski definition) is 6. The SMILES string of the molecule is Cc1noc(N2CC3CC[C@@H](C2)C3Cc2nc3n(n2)CCCC3c2ccc(C(F)(F)F)cc2)n1. The van der Waals surface area contributed by atoms with E-state index < -0.39 is 11.7 Å². The number of anilines is 1. The second-order valence-corrected chi connectivity index (χ2v) is 9.92. The summed E-state index contributed by atoms with van der Waals surface area (Å²) in [5, 5.41) is 8.75. The minimum atomic E-state index is -4.32. The van der Waals surface area contributed by atoms with E-state index in [4.69, 9.17) is 14.6 Å². The molecule has 3 aromatic rings. The van der Waals surface area contributed by atoms with E-state index in [1.807, 2.05) is 11.6 Å². The van der Waals surface area contributed by atoms with Gasteiger partial charge in [-0.2, -0.15) is 23.3 Å². The third-order valence-electron chi connectivity index (χ3n) is 7.79. The van der Waals surface area contributed by atoms with Crippen molar-refractivity contribution >= 4 is 6.01 Å². The summed E-state index contributed by atoms with van der Waals surface area (Å²) < 4.78 is 46.3. The lowest BCUT2D eigenvalue weighted by Crippen LogP contribution is -2.43. The zero-order chi connectivity index (χ0) is 23.4. The molecule has 10 heteroatoms. The van der Waals surface area contributed by atoms with Crippen molar-refractivity contribution in [3.05, 3.63) is 52.9 Å². The lowest BCUT2D eigenvalue weighted by atomic mass is 9.82. The second kappa shape index (κ2) is 8.09. The van der Waals surface area contributed by atoms with Gasteiger partial charge >= 0.3 is 12.2 Å². The molecule has 1 saturated carbocycles. The number of benzene rings is 1. The van der Waals surface area contributed by atoms with Gasteiger partial charge in [-0.1, -0.05) is 17.3 Å². The average Bonchev–Trinajstić information content (AvgIpc) is 3.48. The molecule has 3 unspecified atom stereocenters. The van der Waals surface area contributed by atoms with Gasteiger partial charge in [-0.3, -0.25) is 0 Å². The van der Waals surface area contributed by atoms with Gasteiger partial charge in [0.05, 0.1) is 5.56 Å². The second-order valence-electron chi connectivity index (χ2n) is 9.92. The van der Waals surface area contributed by atoms with Crippen molar-refractivity contribution in [3.63, 3.8) is 0 Å². The summed E-state index contributed by atoms with van der Waals surface area (Å²) in [5.74, 6) is 3.98. The van der Waals surface area contributed by atoms with E-state index in [0.29, 0.717) is 29.6 Å². The molecule has 0 amide bonds. The molecule has 1 aliphatic carbocycles. The van der Waals surface area contributed by atoms with Crippen molar-refractivity contribution in [1.29, 1.82) is 0 Å². The van der Waals surface area contributed by atoms with Crippen molar-refractivity contribution in [2.45, 2.75) is 57.7 Å². The number of nitrogens with zero attached hydrogens (tertiary/aromatic N) is 6. The van der Waals surface area contributed by atoms with Crippen LogP contribution in [-0.4, -0.2) is 38.0 Å². The van der Waals surface area contributed by atoms with Gasteiger partial charge < -0.3 is 9.42 Å². The maximum atomic E-state index is 13.0. The highest BCUT2D eigenvalue weighted by Crippen LogP contribution is 2.44. The summed E-state index contributed by atoms with van der Waals surface area (Å²) >= 11 is 0. The number of fused-ring (bicyclic) bond motifs is 3. The largest absolute Gasteiger partial charge is 0.416 e. The quantitative estimate of drug-likeness (QED) is 0.552. The third-order valence-corrected chi connectivity index (χ3v) is 7.79. The first kappa shape index (κ1) is 21.6. The molecule has 4 heterocycles. The van der Waals surface area contributed by atoms with Gasteiger partial charge in [-0.25, -0.2) is 9.67 Å². The van der Waals surface area contributed by atoms with Crippen LogP contribution in [0.1, 0.15) is 60.2 Å². The van der Waals surface area contributed by atoms with E-state index >= 15 is 0 Å². The molecular weight excluding hydrogens is 445 g/mol. The molecule has 1 saturated heterocycles. The predicted molar refractivity (Wildman–Crippen MR) is 117 cm³/mol. The molecule has 2 aromatic heterocycles. The molecule has 4 atom stereocenters. The number of hydrogen-bond donors (Lipinski definition) is 0. The summed E-state index contributed by atoms with van der Waals surface area (Å²) in [6, 6.07) is 6.13. The molecule has 0 spiro atoms. The van der Waals surface area contributed by atoms with E-state index in [9.17, 15) is 13.2 Å². The summed E-state index contributed by atoms with van der Waals surface area (Å²) in [4.78, 5) is 11.5. The highest BCUT2D eigenvalue weighted by atomic mass is 19.4. The van der Waals surface area contributed by atoms with Crippen LogP contribution in [0.15, 0.2) is 28.8 Å². The Hall–Kier alpha value is -2.91. The molecular formula is C24H27F3N6O. The standard InChI is InChI=1S/C24H27F3N6O/c1-14-28-23(34-31-14)32-12-16-4-5-17(13-32)20(16)11-21-29-22-19(3-2-10-33(22)30-21)15-6-8-18(9-7-15)24(25,26)27/h6-9,16-17,19-20H,2-5,10-13H2,1H3/t16-,17?,19?,20?/m0/s1. The fourth-order valence-corrected chi connectivity index (χ4v) is 6.16. The van der Waals surface area contributed by atoms with Crippen molar-refractivity contribution in [1.82, 2.24) is 24.9 Å². The van der Waals surface area contributed by atoms with Crippen LogP contribution < -0.4 is 4.90 Å². The van der Waals surface area contributed by atoms with Crippen LogP contribution in [0.25, 0.3) is 0 Å². The zero-order valence-electron chi connectivity index (χ0n) is 19.0. The van der Waals surface area contributed by atoms with E-state index in [2.05, 4.69) is 15.0 Å². The molecule has 2 bridgehead atoms. The zero-order valence-corrected chi connectivity index (χ0v) is 19.0. The Kier molecular flexibility index (Phi) is 5.14. The Bertz CT molecular complexity index is 1160. The number of halogens is 3. The van der Waals surface area contributed by atoms with Gasteiger partial charge in [0, 0.05) is 32.0 Å². The Morgan fingerprint density at radius 3 is 2.41 bits per heavy atom. The number of rotatable bonds is 4. The van der Waals surface area contributed by atoms with Crippen LogP contribution in [0.2, 0.25) is 0 Å². The predicted octanol–water partition coefficient (Wildman–Crippen LogP) is 4.62. The summed E-state index contributed by atoms with van der Waals surface area (Å²) in [7, 11) is 0. The van der Waals surface area contributed by atoms with Crippen LogP contribution in [0, 0.1) is 24.7 Å². The molecule has 3 aliphatic rings. The normalized spacial score (nSPS) is 26.6.